The molecule has 0 saturated heterocycles. The highest BCUT2D eigenvalue weighted by Gasteiger charge is 2.31. The summed E-state index contributed by atoms with van der Waals surface area (Å²) in [7, 11) is -3.82. The Labute approximate surface area is 209 Å². The third-order valence-corrected chi connectivity index (χ3v) is 6.88. The quantitative estimate of drug-likeness (QED) is 0.518. The lowest BCUT2D eigenvalue weighted by Gasteiger charge is -2.32. The van der Waals surface area contributed by atoms with Gasteiger partial charge in [-0.15, -0.1) is 0 Å². The molecule has 7 nitrogen and oxygen atoms in total. The van der Waals surface area contributed by atoms with E-state index in [0.717, 1.165) is 10.6 Å². The zero-order valence-electron chi connectivity index (χ0n) is 18.7. The zero-order chi connectivity index (χ0) is 24.9. The predicted octanol–water partition coefficient (Wildman–Crippen LogP) is 4.35. The van der Waals surface area contributed by atoms with E-state index in [1.165, 1.54) is 29.2 Å². The Morgan fingerprint density at radius 3 is 2.00 bits per heavy atom. The van der Waals surface area contributed by atoms with Crippen LogP contribution >= 0.6 is 34.8 Å². The number of halogens is 3. The van der Waals surface area contributed by atoms with Crippen LogP contribution in [0.2, 0.25) is 15.1 Å². The molecule has 0 radical (unpaired) electrons. The van der Waals surface area contributed by atoms with Crippen LogP contribution in [0.4, 0.5) is 5.69 Å². The van der Waals surface area contributed by atoms with Crippen LogP contribution in [0, 0.1) is 0 Å². The Morgan fingerprint density at radius 1 is 0.970 bits per heavy atom. The third-order valence-electron chi connectivity index (χ3n) is 4.78. The third kappa shape index (κ3) is 7.50. The number of hydrogen-bond acceptors (Lipinski definition) is 4. The molecular weight excluding hydrogens is 509 g/mol. The molecule has 1 atom stereocenters. The molecule has 0 unspecified atom stereocenters. The molecular formula is C22H26Cl3N3O4S. The highest BCUT2D eigenvalue weighted by molar-refractivity contribution is 7.92. The van der Waals surface area contributed by atoms with Crippen molar-refractivity contribution < 1.29 is 18.0 Å². The van der Waals surface area contributed by atoms with Gasteiger partial charge in [0.1, 0.15) is 12.6 Å². The zero-order valence-corrected chi connectivity index (χ0v) is 21.8. The van der Waals surface area contributed by atoms with Crippen LogP contribution in [0.15, 0.2) is 42.5 Å². The maximum atomic E-state index is 13.4. The molecule has 2 aromatic rings. The summed E-state index contributed by atoms with van der Waals surface area (Å²) in [4.78, 5) is 27.4. The number of carbonyl (C=O) groups is 2. The molecule has 0 bridgehead atoms. The number of anilines is 1. The van der Waals surface area contributed by atoms with Crippen molar-refractivity contribution in [2.45, 2.75) is 39.4 Å². The minimum Gasteiger partial charge on any atom is -0.352 e. The SMILES string of the molecule is CC(C)NC(=O)[C@@H](C)N(Cc1c(Cl)cccc1Cl)C(=O)CN(c1ccc(Cl)cc1)S(C)(=O)=O. The summed E-state index contributed by atoms with van der Waals surface area (Å²) in [5.41, 5.74) is 0.723. The minimum absolute atomic E-state index is 0.0811. The fourth-order valence-electron chi connectivity index (χ4n) is 3.06. The highest BCUT2D eigenvalue weighted by atomic mass is 35.5. The first-order valence-corrected chi connectivity index (χ1v) is 13.1. The lowest BCUT2D eigenvalue weighted by molar-refractivity contribution is -0.139. The number of rotatable bonds is 9. The molecule has 0 aliphatic carbocycles. The fraction of sp³-hybridized carbons (Fsp3) is 0.364. The van der Waals surface area contributed by atoms with Crippen LogP contribution in [0.5, 0.6) is 0 Å². The van der Waals surface area contributed by atoms with Gasteiger partial charge in [-0.05, 0) is 57.2 Å². The highest BCUT2D eigenvalue weighted by Crippen LogP contribution is 2.27. The van der Waals surface area contributed by atoms with Crippen molar-refractivity contribution in [3.05, 3.63) is 63.1 Å². The molecule has 1 N–H and O–H groups in total. The van der Waals surface area contributed by atoms with Crippen LogP contribution in [0.25, 0.3) is 0 Å². The van der Waals surface area contributed by atoms with Crippen molar-refractivity contribution >= 4 is 62.3 Å². The van der Waals surface area contributed by atoms with Gasteiger partial charge < -0.3 is 10.2 Å². The van der Waals surface area contributed by atoms with Gasteiger partial charge in [0.05, 0.1) is 11.9 Å². The molecule has 11 heteroatoms. The Balaban J connectivity index is 2.44. The average molecular weight is 535 g/mol. The second-order valence-corrected chi connectivity index (χ2v) is 11.0. The summed E-state index contributed by atoms with van der Waals surface area (Å²) in [6, 6.07) is 9.91. The molecule has 0 spiro atoms. The number of nitrogens with zero attached hydrogens (tertiary/aromatic N) is 2. The molecule has 0 aliphatic rings. The van der Waals surface area contributed by atoms with E-state index in [1.807, 2.05) is 0 Å². The minimum atomic E-state index is -3.82. The molecule has 0 aromatic heterocycles. The number of nitrogens with one attached hydrogen (secondary N) is 1. The molecule has 33 heavy (non-hydrogen) atoms. The van der Waals surface area contributed by atoms with E-state index in [1.54, 1.807) is 39.0 Å². The fourth-order valence-corrected chi connectivity index (χ4v) is 4.56. The molecule has 2 amide bonds. The lowest BCUT2D eigenvalue weighted by atomic mass is 10.1. The van der Waals surface area contributed by atoms with Gasteiger partial charge in [0.25, 0.3) is 0 Å². The predicted molar refractivity (Wildman–Crippen MR) is 133 cm³/mol. The van der Waals surface area contributed by atoms with Crippen LogP contribution < -0.4 is 9.62 Å². The Morgan fingerprint density at radius 2 is 1.52 bits per heavy atom. The second kappa shape index (κ2) is 11.4. The number of benzene rings is 2. The lowest BCUT2D eigenvalue weighted by Crippen LogP contribution is -2.52. The van der Waals surface area contributed by atoms with E-state index in [-0.39, 0.29) is 24.2 Å². The van der Waals surface area contributed by atoms with Gasteiger partial charge in [-0.1, -0.05) is 40.9 Å². The van der Waals surface area contributed by atoms with Crippen LogP contribution in [0.3, 0.4) is 0 Å². The standard InChI is InChI=1S/C22H26Cl3N3O4S/c1-14(2)26-22(30)15(3)27(12-18-19(24)6-5-7-20(18)25)21(29)13-28(33(4,31)32)17-10-8-16(23)9-11-17/h5-11,14-15H,12-13H2,1-4H3,(H,26,30)/t15-/m1/s1. The molecule has 2 rings (SSSR count). The molecule has 2 aromatic carbocycles. The van der Waals surface area contributed by atoms with Crippen LogP contribution in [-0.4, -0.2) is 50.0 Å². The van der Waals surface area contributed by atoms with Crippen LogP contribution in [0.1, 0.15) is 26.3 Å². The van der Waals surface area contributed by atoms with E-state index >= 15 is 0 Å². The van der Waals surface area contributed by atoms with E-state index < -0.39 is 28.5 Å². The number of amides is 2. The second-order valence-electron chi connectivity index (χ2n) is 7.81. The summed E-state index contributed by atoms with van der Waals surface area (Å²) >= 11 is 18.5. The first-order chi connectivity index (χ1) is 15.3. The van der Waals surface area contributed by atoms with E-state index in [0.29, 0.717) is 20.6 Å². The van der Waals surface area contributed by atoms with Crippen LogP contribution in [-0.2, 0) is 26.2 Å². The summed E-state index contributed by atoms with van der Waals surface area (Å²) < 4.78 is 25.9. The summed E-state index contributed by atoms with van der Waals surface area (Å²) in [5.74, 6) is -0.989. The van der Waals surface area contributed by atoms with Crippen molar-refractivity contribution in [3.8, 4) is 0 Å². The van der Waals surface area contributed by atoms with Gasteiger partial charge in [-0.2, -0.15) is 0 Å². The number of carbonyl (C=O) groups excluding carboxylic acids is 2. The van der Waals surface area contributed by atoms with Crippen molar-refractivity contribution in [2.24, 2.45) is 0 Å². The molecule has 0 aliphatic heterocycles. The van der Waals surface area contributed by atoms with Crippen molar-refractivity contribution in [1.82, 2.24) is 10.2 Å². The molecule has 0 fully saturated rings. The smallest absolute Gasteiger partial charge is 0.244 e. The Hall–Kier alpha value is -2.00. The van der Waals surface area contributed by atoms with Gasteiger partial charge in [0.15, 0.2) is 0 Å². The Kier molecular flexibility index (Phi) is 9.43. The van der Waals surface area contributed by atoms with Crippen molar-refractivity contribution in [1.29, 1.82) is 0 Å². The normalized spacial score (nSPS) is 12.4. The van der Waals surface area contributed by atoms with Gasteiger partial charge in [0, 0.05) is 33.2 Å². The van der Waals surface area contributed by atoms with Crippen molar-refractivity contribution in [2.75, 3.05) is 17.1 Å². The largest absolute Gasteiger partial charge is 0.352 e. The summed E-state index contributed by atoms with van der Waals surface area (Å²) in [6.07, 6.45) is 0.999. The summed E-state index contributed by atoms with van der Waals surface area (Å²) in [6.45, 7) is 4.55. The molecule has 180 valence electrons. The average Bonchev–Trinajstić information content (AvgIpc) is 2.70. The summed E-state index contributed by atoms with van der Waals surface area (Å²) in [5, 5.41) is 3.85. The van der Waals surface area contributed by atoms with Gasteiger partial charge in [-0.25, -0.2) is 8.42 Å². The topological polar surface area (TPSA) is 86.8 Å². The van der Waals surface area contributed by atoms with Crippen molar-refractivity contribution in [3.63, 3.8) is 0 Å². The number of sulfonamides is 1. The van der Waals surface area contributed by atoms with E-state index in [9.17, 15) is 18.0 Å². The van der Waals surface area contributed by atoms with Gasteiger partial charge in [-0.3, -0.25) is 13.9 Å². The first kappa shape index (κ1) is 27.2. The van der Waals surface area contributed by atoms with E-state index in [2.05, 4.69) is 5.32 Å². The van der Waals surface area contributed by atoms with Gasteiger partial charge in [0.2, 0.25) is 21.8 Å². The van der Waals surface area contributed by atoms with E-state index in [4.69, 9.17) is 34.8 Å². The van der Waals surface area contributed by atoms with Gasteiger partial charge >= 0.3 is 0 Å². The maximum Gasteiger partial charge on any atom is 0.244 e. The monoisotopic (exact) mass is 533 g/mol. The maximum absolute atomic E-state index is 13.4. The molecule has 0 heterocycles. The molecule has 0 saturated carbocycles. The first-order valence-electron chi connectivity index (χ1n) is 10.1. The number of hydrogen-bond donors (Lipinski definition) is 1. The Bertz CT molecular complexity index is 1090.